The molecule has 2 aliphatic heterocycles. The van der Waals surface area contributed by atoms with Crippen LogP contribution in [0.1, 0.15) is 31.2 Å². The van der Waals surface area contributed by atoms with Crippen LogP contribution < -0.4 is 5.32 Å². The molecule has 1 unspecified atom stereocenters. The van der Waals surface area contributed by atoms with E-state index in [4.69, 9.17) is 4.74 Å². The van der Waals surface area contributed by atoms with Crippen molar-refractivity contribution in [1.82, 2.24) is 10.2 Å². The Morgan fingerprint density at radius 3 is 2.60 bits per heavy atom. The topological polar surface area (TPSA) is 58.6 Å². The van der Waals surface area contributed by atoms with E-state index in [1.54, 1.807) is 6.08 Å². The first kappa shape index (κ1) is 17.7. The maximum atomic E-state index is 12.3. The van der Waals surface area contributed by atoms with Crippen molar-refractivity contribution >= 4 is 17.9 Å². The minimum atomic E-state index is 0.00329. The fourth-order valence-corrected chi connectivity index (χ4v) is 3.36. The highest BCUT2D eigenvalue weighted by atomic mass is 16.5. The van der Waals surface area contributed by atoms with Crippen LogP contribution in [0.4, 0.5) is 0 Å². The highest BCUT2D eigenvalue weighted by molar-refractivity contribution is 5.92. The van der Waals surface area contributed by atoms with Gasteiger partial charge in [0.05, 0.1) is 6.10 Å². The number of amides is 2. The van der Waals surface area contributed by atoms with Gasteiger partial charge in [0, 0.05) is 38.2 Å². The normalized spacial score (nSPS) is 21.6. The number of benzene rings is 1. The van der Waals surface area contributed by atoms with E-state index in [1.165, 1.54) is 0 Å². The lowest BCUT2D eigenvalue weighted by Gasteiger charge is -2.30. The van der Waals surface area contributed by atoms with E-state index in [0.717, 1.165) is 37.9 Å². The molecule has 3 rings (SSSR count). The van der Waals surface area contributed by atoms with E-state index in [-0.39, 0.29) is 23.8 Å². The number of carbonyl (C=O) groups is 2. The zero-order valence-corrected chi connectivity index (χ0v) is 14.5. The van der Waals surface area contributed by atoms with Gasteiger partial charge >= 0.3 is 0 Å². The Kier molecular flexibility index (Phi) is 6.23. The Morgan fingerprint density at radius 1 is 1.16 bits per heavy atom. The summed E-state index contributed by atoms with van der Waals surface area (Å²) < 4.78 is 5.53. The zero-order chi connectivity index (χ0) is 17.5. The molecule has 0 aromatic heterocycles. The molecule has 2 saturated heterocycles. The largest absolute Gasteiger partial charge is 0.376 e. The van der Waals surface area contributed by atoms with E-state index in [2.05, 4.69) is 5.32 Å². The van der Waals surface area contributed by atoms with Gasteiger partial charge in [-0.2, -0.15) is 0 Å². The molecular weight excluding hydrogens is 316 g/mol. The third kappa shape index (κ3) is 5.16. The molecule has 2 aliphatic rings. The second kappa shape index (κ2) is 8.81. The first-order valence-electron chi connectivity index (χ1n) is 9.14. The van der Waals surface area contributed by atoms with Gasteiger partial charge in [-0.1, -0.05) is 30.3 Å². The second-order valence-electron chi connectivity index (χ2n) is 6.72. The van der Waals surface area contributed by atoms with Gasteiger partial charge in [0.2, 0.25) is 11.8 Å². The molecule has 0 spiro atoms. The predicted octanol–water partition coefficient (Wildman–Crippen LogP) is 2.23. The number of hydrogen-bond acceptors (Lipinski definition) is 3. The molecule has 25 heavy (non-hydrogen) atoms. The molecule has 5 nitrogen and oxygen atoms in total. The third-order valence-corrected chi connectivity index (χ3v) is 4.92. The Balaban J connectivity index is 1.40. The molecule has 1 atom stereocenters. The summed E-state index contributed by atoms with van der Waals surface area (Å²) in [6.45, 7) is 2.68. The first-order chi connectivity index (χ1) is 12.2. The summed E-state index contributed by atoms with van der Waals surface area (Å²) in [6.07, 6.45) is 7.19. The van der Waals surface area contributed by atoms with Gasteiger partial charge in [-0.25, -0.2) is 0 Å². The molecule has 0 radical (unpaired) electrons. The van der Waals surface area contributed by atoms with Crippen molar-refractivity contribution < 1.29 is 14.3 Å². The van der Waals surface area contributed by atoms with E-state index < -0.39 is 0 Å². The van der Waals surface area contributed by atoms with Crippen LogP contribution in [0.5, 0.6) is 0 Å². The molecule has 0 aliphatic carbocycles. The number of nitrogens with one attached hydrogen (secondary N) is 1. The maximum absolute atomic E-state index is 12.3. The van der Waals surface area contributed by atoms with Gasteiger partial charge in [0.1, 0.15) is 0 Å². The van der Waals surface area contributed by atoms with Crippen LogP contribution in [0, 0.1) is 5.92 Å². The number of likely N-dealkylation sites (tertiary alicyclic amines) is 1. The molecule has 2 fully saturated rings. The summed E-state index contributed by atoms with van der Waals surface area (Å²) in [5, 5.41) is 3.00. The smallest absolute Gasteiger partial charge is 0.246 e. The lowest BCUT2D eigenvalue weighted by atomic mass is 9.95. The quantitative estimate of drug-likeness (QED) is 0.835. The molecule has 1 aromatic rings. The minimum absolute atomic E-state index is 0.00329. The second-order valence-corrected chi connectivity index (χ2v) is 6.72. The van der Waals surface area contributed by atoms with E-state index in [0.29, 0.717) is 19.6 Å². The standard InChI is InChI=1S/C20H26N2O3/c23-19(9-8-16-5-2-1-3-6-16)22-12-10-17(11-13-22)20(24)21-15-18-7-4-14-25-18/h1-3,5-6,8-9,17-18H,4,7,10-15H2,(H,21,24)/b9-8+. The SMILES string of the molecule is O=C(NCC1CCCO1)C1CCN(C(=O)/C=C/c2ccccc2)CC1. The highest BCUT2D eigenvalue weighted by Crippen LogP contribution is 2.18. The van der Waals surface area contributed by atoms with Crippen molar-refractivity contribution in [2.24, 2.45) is 5.92 Å². The Hall–Kier alpha value is -2.14. The van der Waals surface area contributed by atoms with Crippen LogP contribution in [-0.4, -0.2) is 49.1 Å². The molecule has 5 heteroatoms. The van der Waals surface area contributed by atoms with Gasteiger partial charge < -0.3 is 15.0 Å². The fourth-order valence-electron chi connectivity index (χ4n) is 3.36. The van der Waals surface area contributed by atoms with Crippen LogP contribution in [0.3, 0.4) is 0 Å². The Labute approximate surface area is 149 Å². The van der Waals surface area contributed by atoms with Crippen molar-refractivity contribution in [1.29, 1.82) is 0 Å². The summed E-state index contributed by atoms with van der Waals surface area (Å²) >= 11 is 0. The Bertz CT molecular complexity index is 601. The van der Waals surface area contributed by atoms with Crippen molar-refractivity contribution in [2.75, 3.05) is 26.2 Å². The molecule has 1 aromatic carbocycles. The van der Waals surface area contributed by atoms with Crippen molar-refractivity contribution in [3.8, 4) is 0 Å². The molecule has 0 bridgehead atoms. The van der Waals surface area contributed by atoms with Crippen molar-refractivity contribution in [3.63, 3.8) is 0 Å². The molecule has 1 N–H and O–H groups in total. The number of hydrogen-bond donors (Lipinski definition) is 1. The molecular formula is C20H26N2O3. The number of carbonyl (C=O) groups excluding carboxylic acids is 2. The van der Waals surface area contributed by atoms with Gasteiger partial charge in [-0.15, -0.1) is 0 Å². The summed E-state index contributed by atoms with van der Waals surface area (Å²) in [6, 6.07) is 9.78. The minimum Gasteiger partial charge on any atom is -0.376 e. The van der Waals surface area contributed by atoms with Crippen LogP contribution in [-0.2, 0) is 14.3 Å². The monoisotopic (exact) mass is 342 g/mol. The predicted molar refractivity (Wildman–Crippen MR) is 96.8 cm³/mol. The average Bonchev–Trinajstić information content (AvgIpc) is 3.19. The summed E-state index contributed by atoms with van der Waals surface area (Å²) in [5.74, 6) is 0.119. The average molecular weight is 342 g/mol. The summed E-state index contributed by atoms with van der Waals surface area (Å²) in [4.78, 5) is 26.4. The van der Waals surface area contributed by atoms with Crippen molar-refractivity contribution in [3.05, 3.63) is 42.0 Å². The van der Waals surface area contributed by atoms with E-state index >= 15 is 0 Å². The molecule has 0 saturated carbocycles. The Morgan fingerprint density at radius 2 is 1.92 bits per heavy atom. The van der Waals surface area contributed by atoms with Crippen molar-refractivity contribution in [2.45, 2.75) is 31.8 Å². The van der Waals surface area contributed by atoms with E-state index in [9.17, 15) is 9.59 Å². The molecule has 2 amide bonds. The summed E-state index contributed by atoms with van der Waals surface area (Å²) in [7, 11) is 0. The number of piperidine rings is 1. The van der Waals surface area contributed by atoms with E-state index in [1.807, 2.05) is 41.3 Å². The maximum Gasteiger partial charge on any atom is 0.246 e. The van der Waals surface area contributed by atoms with Crippen LogP contribution in [0.2, 0.25) is 0 Å². The van der Waals surface area contributed by atoms with Gasteiger partial charge in [-0.3, -0.25) is 9.59 Å². The number of rotatable bonds is 5. The van der Waals surface area contributed by atoms with Crippen LogP contribution >= 0.6 is 0 Å². The van der Waals surface area contributed by atoms with Gasteiger partial charge in [-0.05, 0) is 37.3 Å². The molecule has 2 heterocycles. The highest BCUT2D eigenvalue weighted by Gasteiger charge is 2.27. The fraction of sp³-hybridized carbons (Fsp3) is 0.500. The first-order valence-corrected chi connectivity index (χ1v) is 9.14. The summed E-state index contributed by atoms with van der Waals surface area (Å²) in [5.41, 5.74) is 1.01. The lowest BCUT2D eigenvalue weighted by Crippen LogP contribution is -2.43. The van der Waals surface area contributed by atoms with Crippen LogP contribution in [0.25, 0.3) is 6.08 Å². The zero-order valence-electron chi connectivity index (χ0n) is 14.5. The number of ether oxygens (including phenoxy) is 1. The van der Waals surface area contributed by atoms with Gasteiger partial charge in [0.25, 0.3) is 0 Å². The lowest BCUT2D eigenvalue weighted by molar-refractivity contribution is -0.132. The van der Waals surface area contributed by atoms with Gasteiger partial charge in [0.15, 0.2) is 0 Å². The number of nitrogens with zero attached hydrogens (tertiary/aromatic N) is 1. The molecule has 134 valence electrons. The third-order valence-electron chi connectivity index (χ3n) is 4.92. The van der Waals surface area contributed by atoms with Crippen LogP contribution in [0.15, 0.2) is 36.4 Å².